The first-order valence-corrected chi connectivity index (χ1v) is 7.34. The maximum atomic E-state index is 8.64. The zero-order valence-electron chi connectivity index (χ0n) is 11.8. The number of ether oxygens (including phenoxy) is 1. The molecule has 0 aromatic heterocycles. The largest absolute Gasteiger partial charge is 0.478 e. The van der Waals surface area contributed by atoms with Gasteiger partial charge in [-0.1, -0.05) is 49.1 Å². The third-order valence-corrected chi connectivity index (χ3v) is 3.92. The van der Waals surface area contributed by atoms with Gasteiger partial charge in [0.15, 0.2) is 6.61 Å². The molecular formula is C17H22N2O. The average Bonchev–Trinajstić information content (AvgIpc) is 2.52. The number of nitriles is 1. The molecule has 0 aliphatic heterocycles. The van der Waals surface area contributed by atoms with Gasteiger partial charge in [0.2, 0.25) is 0 Å². The van der Waals surface area contributed by atoms with Gasteiger partial charge in [-0.2, -0.15) is 5.26 Å². The van der Waals surface area contributed by atoms with Crippen molar-refractivity contribution in [2.75, 3.05) is 13.2 Å². The number of nitrogens with two attached hydrogens (primary N) is 1. The van der Waals surface area contributed by atoms with Gasteiger partial charge in [-0.05, 0) is 24.8 Å². The summed E-state index contributed by atoms with van der Waals surface area (Å²) in [7, 11) is 0. The minimum Gasteiger partial charge on any atom is -0.478 e. The van der Waals surface area contributed by atoms with E-state index in [-0.39, 0.29) is 6.61 Å². The molecule has 3 nitrogen and oxygen atoms in total. The van der Waals surface area contributed by atoms with Gasteiger partial charge in [0.1, 0.15) is 11.8 Å². The molecule has 0 spiro atoms. The Kier molecular flexibility index (Phi) is 5.64. The van der Waals surface area contributed by atoms with Gasteiger partial charge >= 0.3 is 0 Å². The highest BCUT2D eigenvalue weighted by atomic mass is 16.5. The van der Waals surface area contributed by atoms with E-state index in [1.165, 1.54) is 37.7 Å². The van der Waals surface area contributed by atoms with Crippen LogP contribution in [0.5, 0.6) is 5.75 Å². The molecule has 1 aromatic rings. The standard InChI is InChI=1S/C17H22N2O/c18-10-11-20-17-9-5-4-8-15(17)12-16(13-19)14-6-2-1-3-7-14/h4-5,8-9,12,14H,1-3,6-7,11,13,19H2/b16-12-. The minimum absolute atomic E-state index is 0.0756. The molecule has 0 radical (unpaired) electrons. The molecule has 0 bridgehead atoms. The summed E-state index contributed by atoms with van der Waals surface area (Å²) in [5, 5.41) is 8.64. The van der Waals surface area contributed by atoms with Gasteiger partial charge in [0.05, 0.1) is 0 Å². The van der Waals surface area contributed by atoms with Crippen molar-refractivity contribution < 1.29 is 4.74 Å². The molecule has 0 saturated heterocycles. The Morgan fingerprint density at radius 3 is 2.75 bits per heavy atom. The van der Waals surface area contributed by atoms with Crippen molar-refractivity contribution in [2.45, 2.75) is 32.1 Å². The lowest BCUT2D eigenvalue weighted by Crippen LogP contribution is -2.16. The molecular weight excluding hydrogens is 248 g/mol. The lowest BCUT2D eigenvalue weighted by atomic mass is 9.83. The number of para-hydroxylation sites is 1. The summed E-state index contributed by atoms with van der Waals surface area (Å²) < 4.78 is 5.47. The SMILES string of the molecule is N#CCOc1ccccc1/C=C(/CN)C1CCCCC1. The molecule has 1 aromatic carbocycles. The van der Waals surface area contributed by atoms with E-state index in [9.17, 15) is 0 Å². The molecule has 0 heterocycles. The first kappa shape index (κ1) is 14.6. The summed E-state index contributed by atoms with van der Waals surface area (Å²) in [6.07, 6.45) is 8.58. The van der Waals surface area contributed by atoms with Gasteiger partial charge in [0, 0.05) is 12.1 Å². The van der Waals surface area contributed by atoms with Crippen molar-refractivity contribution >= 4 is 6.08 Å². The van der Waals surface area contributed by atoms with E-state index >= 15 is 0 Å². The predicted molar refractivity (Wildman–Crippen MR) is 81.2 cm³/mol. The van der Waals surface area contributed by atoms with Crippen LogP contribution >= 0.6 is 0 Å². The van der Waals surface area contributed by atoms with E-state index in [1.807, 2.05) is 30.3 Å². The highest BCUT2D eigenvalue weighted by Gasteiger charge is 2.17. The summed E-state index contributed by atoms with van der Waals surface area (Å²) in [6, 6.07) is 9.84. The molecule has 2 rings (SSSR count). The summed E-state index contributed by atoms with van der Waals surface area (Å²) >= 11 is 0. The van der Waals surface area contributed by atoms with Crippen molar-refractivity contribution in [1.82, 2.24) is 0 Å². The minimum atomic E-state index is 0.0756. The highest BCUT2D eigenvalue weighted by molar-refractivity contribution is 5.60. The van der Waals surface area contributed by atoms with Crippen LogP contribution < -0.4 is 10.5 Å². The van der Waals surface area contributed by atoms with E-state index < -0.39 is 0 Å². The number of benzene rings is 1. The van der Waals surface area contributed by atoms with Crippen LogP contribution in [0, 0.1) is 17.2 Å². The third-order valence-electron chi connectivity index (χ3n) is 3.92. The summed E-state index contributed by atoms with van der Waals surface area (Å²) in [5.41, 5.74) is 8.27. The highest BCUT2D eigenvalue weighted by Crippen LogP contribution is 2.31. The maximum absolute atomic E-state index is 8.64. The maximum Gasteiger partial charge on any atom is 0.174 e. The monoisotopic (exact) mass is 270 g/mol. The second-order valence-electron chi connectivity index (χ2n) is 5.24. The third kappa shape index (κ3) is 3.85. The number of hydrogen-bond acceptors (Lipinski definition) is 3. The van der Waals surface area contributed by atoms with Crippen LogP contribution in [-0.4, -0.2) is 13.2 Å². The van der Waals surface area contributed by atoms with Crippen LogP contribution in [0.3, 0.4) is 0 Å². The predicted octanol–water partition coefficient (Wildman–Crippen LogP) is 3.51. The van der Waals surface area contributed by atoms with E-state index in [0.717, 1.165) is 11.3 Å². The molecule has 1 aliphatic carbocycles. The molecule has 3 heteroatoms. The average molecular weight is 270 g/mol. The Bertz CT molecular complexity index is 496. The van der Waals surface area contributed by atoms with Crippen LogP contribution in [-0.2, 0) is 0 Å². The second-order valence-corrected chi connectivity index (χ2v) is 5.24. The normalized spacial score (nSPS) is 16.7. The van der Waals surface area contributed by atoms with Crippen LogP contribution in [0.4, 0.5) is 0 Å². The van der Waals surface area contributed by atoms with E-state index in [4.69, 9.17) is 15.7 Å². The lowest BCUT2D eigenvalue weighted by molar-refractivity contribution is 0.367. The van der Waals surface area contributed by atoms with Crippen LogP contribution in [0.25, 0.3) is 6.08 Å². The number of rotatable bonds is 5. The van der Waals surface area contributed by atoms with Crippen molar-refractivity contribution in [2.24, 2.45) is 11.7 Å². The summed E-state index contributed by atoms with van der Waals surface area (Å²) in [4.78, 5) is 0. The first-order valence-electron chi connectivity index (χ1n) is 7.34. The fourth-order valence-corrected chi connectivity index (χ4v) is 2.86. The molecule has 1 saturated carbocycles. The Hall–Kier alpha value is -1.79. The van der Waals surface area contributed by atoms with Gasteiger partial charge in [-0.25, -0.2) is 0 Å². The Morgan fingerprint density at radius 1 is 1.30 bits per heavy atom. The van der Waals surface area contributed by atoms with Gasteiger partial charge in [-0.15, -0.1) is 0 Å². The van der Waals surface area contributed by atoms with Crippen LogP contribution in [0.2, 0.25) is 0 Å². The van der Waals surface area contributed by atoms with Crippen LogP contribution in [0.1, 0.15) is 37.7 Å². The summed E-state index contributed by atoms with van der Waals surface area (Å²) in [5.74, 6) is 1.37. The smallest absolute Gasteiger partial charge is 0.174 e. The molecule has 20 heavy (non-hydrogen) atoms. The number of hydrogen-bond donors (Lipinski definition) is 1. The lowest BCUT2D eigenvalue weighted by Gasteiger charge is -2.24. The topological polar surface area (TPSA) is 59.0 Å². The number of nitrogens with zero attached hydrogens (tertiary/aromatic N) is 1. The van der Waals surface area contributed by atoms with Gasteiger partial charge < -0.3 is 10.5 Å². The second kappa shape index (κ2) is 7.72. The van der Waals surface area contributed by atoms with Gasteiger partial charge in [0.25, 0.3) is 0 Å². The fraction of sp³-hybridized carbons (Fsp3) is 0.471. The van der Waals surface area contributed by atoms with E-state index in [0.29, 0.717) is 12.5 Å². The molecule has 0 unspecified atom stereocenters. The molecule has 106 valence electrons. The van der Waals surface area contributed by atoms with Crippen molar-refractivity contribution in [3.05, 3.63) is 35.4 Å². The Balaban J connectivity index is 2.20. The first-order chi connectivity index (χ1) is 9.85. The Labute approximate surface area is 121 Å². The molecule has 0 atom stereocenters. The van der Waals surface area contributed by atoms with E-state index in [1.54, 1.807) is 0 Å². The molecule has 1 fully saturated rings. The molecule has 2 N–H and O–H groups in total. The van der Waals surface area contributed by atoms with E-state index in [2.05, 4.69) is 6.08 Å². The quantitative estimate of drug-likeness (QED) is 0.890. The molecule has 0 amide bonds. The Morgan fingerprint density at radius 2 is 2.05 bits per heavy atom. The zero-order chi connectivity index (χ0) is 14.2. The van der Waals surface area contributed by atoms with Crippen molar-refractivity contribution in [3.8, 4) is 11.8 Å². The fourth-order valence-electron chi connectivity index (χ4n) is 2.86. The zero-order valence-corrected chi connectivity index (χ0v) is 11.8. The van der Waals surface area contributed by atoms with Crippen molar-refractivity contribution in [1.29, 1.82) is 5.26 Å². The van der Waals surface area contributed by atoms with Gasteiger partial charge in [-0.3, -0.25) is 0 Å². The van der Waals surface area contributed by atoms with Crippen LogP contribution in [0.15, 0.2) is 29.8 Å². The van der Waals surface area contributed by atoms with Crippen molar-refractivity contribution in [3.63, 3.8) is 0 Å². The summed E-state index contributed by atoms with van der Waals surface area (Å²) in [6.45, 7) is 0.670. The molecule has 1 aliphatic rings.